The smallest absolute Gasteiger partial charge is 0.0241 e. The van der Waals surface area contributed by atoms with Gasteiger partial charge in [0.05, 0.1) is 0 Å². The van der Waals surface area contributed by atoms with E-state index in [0.717, 1.165) is 6.42 Å². The average molecular weight is 224 g/mol. The highest BCUT2D eigenvalue weighted by Gasteiger charge is 2.03. The van der Waals surface area contributed by atoms with Crippen molar-refractivity contribution in [2.75, 3.05) is 0 Å². The van der Waals surface area contributed by atoms with Crippen molar-refractivity contribution in [2.45, 2.75) is 32.6 Å². The minimum Gasteiger partial charge on any atom is -0.0985 e. The zero-order valence-electron chi connectivity index (χ0n) is 10.6. The Balaban J connectivity index is 1.91. The number of hydrogen-bond acceptors (Lipinski definition) is 0. The van der Waals surface area contributed by atoms with Crippen molar-refractivity contribution in [1.29, 1.82) is 0 Å². The summed E-state index contributed by atoms with van der Waals surface area (Å²) in [6, 6.07) is 8.70. The van der Waals surface area contributed by atoms with Gasteiger partial charge in [-0.1, -0.05) is 60.2 Å². The molecule has 0 saturated heterocycles. The summed E-state index contributed by atoms with van der Waals surface area (Å²) >= 11 is 0. The summed E-state index contributed by atoms with van der Waals surface area (Å²) < 4.78 is 0. The Morgan fingerprint density at radius 1 is 1.06 bits per heavy atom. The van der Waals surface area contributed by atoms with E-state index in [2.05, 4.69) is 49.9 Å². The minimum absolute atomic E-state index is 1.15. The van der Waals surface area contributed by atoms with Crippen molar-refractivity contribution in [2.24, 2.45) is 0 Å². The van der Waals surface area contributed by atoms with Gasteiger partial charge in [-0.15, -0.1) is 0 Å². The van der Waals surface area contributed by atoms with Crippen LogP contribution in [-0.4, -0.2) is 0 Å². The number of hydrogen-bond donors (Lipinski definition) is 0. The molecule has 0 saturated carbocycles. The summed E-state index contributed by atoms with van der Waals surface area (Å²) in [5.41, 5.74) is 5.71. The van der Waals surface area contributed by atoms with Crippen molar-refractivity contribution in [3.8, 4) is 0 Å². The molecule has 0 heteroatoms. The number of rotatable bonds is 4. The number of aryl methyl sites for hydroxylation is 1. The van der Waals surface area contributed by atoms with E-state index in [1.54, 1.807) is 5.57 Å². The topological polar surface area (TPSA) is 0 Å². The zero-order valence-corrected chi connectivity index (χ0v) is 10.6. The lowest BCUT2D eigenvalue weighted by Crippen LogP contribution is -1.94. The Bertz CT molecular complexity index is 443. The van der Waals surface area contributed by atoms with E-state index < -0.39 is 0 Å². The molecule has 1 aliphatic rings. The molecule has 1 aromatic rings. The number of benzene rings is 1. The Morgan fingerprint density at radius 3 is 2.41 bits per heavy atom. The molecule has 88 valence electrons. The molecular weight excluding hydrogens is 204 g/mol. The first kappa shape index (κ1) is 11.9. The second-order valence-electron chi connectivity index (χ2n) is 4.78. The van der Waals surface area contributed by atoms with Gasteiger partial charge >= 0.3 is 0 Å². The summed E-state index contributed by atoms with van der Waals surface area (Å²) in [7, 11) is 0. The van der Waals surface area contributed by atoms with Crippen molar-refractivity contribution in [1.82, 2.24) is 0 Å². The first-order valence-corrected chi connectivity index (χ1v) is 6.34. The van der Waals surface area contributed by atoms with E-state index in [-0.39, 0.29) is 0 Å². The van der Waals surface area contributed by atoms with E-state index in [0.29, 0.717) is 0 Å². The lowest BCUT2D eigenvalue weighted by molar-refractivity contribution is 0.816. The molecule has 0 unspecified atom stereocenters. The second-order valence-corrected chi connectivity index (χ2v) is 4.78. The molecule has 0 spiro atoms. The van der Waals surface area contributed by atoms with E-state index in [9.17, 15) is 0 Å². The normalized spacial score (nSPS) is 15.1. The van der Waals surface area contributed by atoms with Crippen LogP contribution in [0.3, 0.4) is 0 Å². The Kier molecular flexibility index (Phi) is 3.98. The van der Waals surface area contributed by atoms with Crippen LogP contribution in [-0.2, 0) is 6.42 Å². The van der Waals surface area contributed by atoms with Gasteiger partial charge in [0.2, 0.25) is 0 Å². The highest BCUT2D eigenvalue weighted by atomic mass is 14.1. The van der Waals surface area contributed by atoms with Crippen LogP contribution in [0, 0.1) is 0 Å². The van der Waals surface area contributed by atoms with Gasteiger partial charge in [-0.05, 0) is 43.7 Å². The zero-order chi connectivity index (χ0) is 12.1. The summed E-state index contributed by atoms with van der Waals surface area (Å²) in [5, 5.41) is 0. The summed E-state index contributed by atoms with van der Waals surface area (Å²) in [5.74, 6) is 0. The molecule has 2 rings (SSSR count). The predicted octanol–water partition coefficient (Wildman–Crippen LogP) is 4.93. The fraction of sp³-hybridized carbons (Fsp3) is 0.294. The molecule has 1 aliphatic carbocycles. The van der Waals surface area contributed by atoms with Gasteiger partial charge in [0, 0.05) is 0 Å². The molecule has 0 N–H and O–H groups in total. The first-order valence-electron chi connectivity index (χ1n) is 6.34. The minimum atomic E-state index is 1.15. The summed E-state index contributed by atoms with van der Waals surface area (Å²) in [4.78, 5) is 0. The number of allylic oxidation sites excluding steroid dienone is 4. The molecule has 0 nitrogen and oxygen atoms in total. The van der Waals surface area contributed by atoms with Crippen LogP contribution in [0.1, 0.15) is 37.3 Å². The van der Waals surface area contributed by atoms with Gasteiger partial charge in [0.25, 0.3) is 0 Å². The van der Waals surface area contributed by atoms with Crippen LogP contribution < -0.4 is 0 Å². The van der Waals surface area contributed by atoms with Crippen LogP contribution in [0.25, 0.3) is 6.08 Å². The van der Waals surface area contributed by atoms with Crippen molar-refractivity contribution < 1.29 is 0 Å². The average Bonchev–Trinajstić information content (AvgIpc) is 2.39. The van der Waals surface area contributed by atoms with E-state index in [1.165, 1.54) is 36.0 Å². The third kappa shape index (κ3) is 3.45. The first-order chi connectivity index (χ1) is 8.28. The molecule has 1 aromatic carbocycles. The third-order valence-electron chi connectivity index (χ3n) is 3.39. The van der Waals surface area contributed by atoms with Crippen LogP contribution in [0.2, 0.25) is 0 Å². The van der Waals surface area contributed by atoms with Gasteiger partial charge in [-0.3, -0.25) is 0 Å². The molecule has 0 fully saturated rings. The van der Waals surface area contributed by atoms with Gasteiger partial charge in [0.15, 0.2) is 0 Å². The van der Waals surface area contributed by atoms with Gasteiger partial charge in [-0.2, -0.15) is 0 Å². The maximum atomic E-state index is 3.77. The maximum Gasteiger partial charge on any atom is -0.0241 e. The molecule has 0 aromatic heterocycles. The van der Waals surface area contributed by atoms with Crippen LogP contribution in [0.5, 0.6) is 0 Å². The van der Waals surface area contributed by atoms with Crippen LogP contribution in [0.4, 0.5) is 0 Å². The van der Waals surface area contributed by atoms with Crippen LogP contribution >= 0.6 is 0 Å². The standard InChI is InChI=1S/C17H20/c1-3-15-8-10-17(11-9-15)13-12-16-6-4-14(2)5-7-16/h3-4,6,8-11H,1,5,7,12-13H2,2H3. The fourth-order valence-electron chi connectivity index (χ4n) is 2.12. The molecule has 0 radical (unpaired) electrons. The van der Waals surface area contributed by atoms with E-state index in [1.807, 2.05) is 6.08 Å². The quantitative estimate of drug-likeness (QED) is 0.680. The van der Waals surface area contributed by atoms with Gasteiger partial charge in [-0.25, -0.2) is 0 Å². The third-order valence-corrected chi connectivity index (χ3v) is 3.39. The van der Waals surface area contributed by atoms with E-state index in [4.69, 9.17) is 0 Å². The SMILES string of the molecule is C=Cc1ccc(CCC2=CC=C(C)CC2)cc1. The predicted molar refractivity (Wildman–Crippen MR) is 75.9 cm³/mol. The highest BCUT2D eigenvalue weighted by molar-refractivity contribution is 5.47. The highest BCUT2D eigenvalue weighted by Crippen LogP contribution is 2.21. The fourth-order valence-corrected chi connectivity index (χ4v) is 2.12. The maximum absolute atomic E-state index is 3.77. The van der Waals surface area contributed by atoms with Crippen molar-refractivity contribution >= 4 is 6.08 Å². The van der Waals surface area contributed by atoms with Gasteiger partial charge in [0.1, 0.15) is 0 Å². The second kappa shape index (κ2) is 5.67. The molecule has 0 amide bonds. The molecule has 0 heterocycles. The molecule has 0 atom stereocenters. The Hall–Kier alpha value is -1.56. The van der Waals surface area contributed by atoms with Crippen molar-refractivity contribution in [3.63, 3.8) is 0 Å². The largest absolute Gasteiger partial charge is 0.0985 e. The molecular formula is C17H20. The van der Waals surface area contributed by atoms with Crippen LogP contribution in [0.15, 0.2) is 54.1 Å². The van der Waals surface area contributed by atoms with Crippen molar-refractivity contribution in [3.05, 3.63) is 65.3 Å². The Labute approximate surface area is 104 Å². The Morgan fingerprint density at radius 2 is 1.82 bits per heavy atom. The van der Waals surface area contributed by atoms with E-state index >= 15 is 0 Å². The molecule has 17 heavy (non-hydrogen) atoms. The molecule has 0 bridgehead atoms. The monoisotopic (exact) mass is 224 g/mol. The van der Waals surface area contributed by atoms with Gasteiger partial charge < -0.3 is 0 Å². The molecule has 0 aliphatic heterocycles. The summed E-state index contributed by atoms with van der Waals surface area (Å²) in [6.07, 6.45) is 11.3. The lowest BCUT2D eigenvalue weighted by atomic mass is 9.94. The summed E-state index contributed by atoms with van der Waals surface area (Å²) in [6.45, 7) is 5.98. The lowest BCUT2D eigenvalue weighted by Gasteiger charge is -2.12.